The van der Waals surface area contributed by atoms with Crippen LogP contribution in [-0.4, -0.2) is 14.9 Å². The molecule has 1 saturated carbocycles. The van der Waals surface area contributed by atoms with E-state index in [1.165, 1.54) is 12.8 Å². The summed E-state index contributed by atoms with van der Waals surface area (Å²) in [6.07, 6.45) is 4.88. The highest BCUT2D eigenvalue weighted by Gasteiger charge is 2.32. The van der Waals surface area contributed by atoms with E-state index in [0.717, 1.165) is 18.7 Å². The van der Waals surface area contributed by atoms with E-state index < -0.39 is 0 Å². The maximum Gasteiger partial charge on any atom is 0.0984 e. The molecule has 0 aromatic carbocycles. The fraction of sp³-hybridized carbons (Fsp3) is 0.700. The molecular formula is C10H16N2O. The van der Waals surface area contributed by atoms with Crippen LogP contribution in [0.25, 0.3) is 0 Å². The van der Waals surface area contributed by atoms with Crippen molar-refractivity contribution in [3.05, 3.63) is 18.0 Å². The largest absolute Gasteiger partial charge is 0.387 e. The zero-order valence-corrected chi connectivity index (χ0v) is 7.98. The lowest BCUT2D eigenvalue weighted by molar-refractivity contribution is 0.142. The van der Waals surface area contributed by atoms with E-state index in [4.69, 9.17) is 0 Å². The number of aromatic nitrogens is 2. The zero-order chi connectivity index (χ0) is 9.26. The lowest BCUT2D eigenvalue weighted by Crippen LogP contribution is -2.10. The van der Waals surface area contributed by atoms with Gasteiger partial charge in [-0.15, -0.1) is 0 Å². The van der Waals surface area contributed by atoms with E-state index in [9.17, 15) is 5.11 Å². The Morgan fingerprint density at radius 2 is 2.46 bits per heavy atom. The number of nitrogens with zero attached hydrogens (tertiary/aromatic N) is 2. The predicted octanol–water partition coefficient (Wildman–Crippen LogP) is 1.74. The molecule has 1 aromatic heterocycles. The molecule has 3 heteroatoms. The number of hydrogen-bond acceptors (Lipinski definition) is 2. The van der Waals surface area contributed by atoms with Gasteiger partial charge >= 0.3 is 0 Å². The van der Waals surface area contributed by atoms with Crippen LogP contribution in [0.15, 0.2) is 12.3 Å². The third kappa shape index (κ3) is 1.75. The van der Waals surface area contributed by atoms with Gasteiger partial charge < -0.3 is 5.11 Å². The van der Waals surface area contributed by atoms with Gasteiger partial charge in [-0.05, 0) is 31.2 Å². The third-order valence-electron chi connectivity index (χ3n) is 2.56. The second-order valence-corrected chi connectivity index (χ2v) is 3.76. The van der Waals surface area contributed by atoms with Crippen LogP contribution in [0.4, 0.5) is 0 Å². The smallest absolute Gasteiger partial charge is 0.0984 e. The summed E-state index contributed by atoms with van der Waals surface area (Å²) >= 11 is 0. The van der Waals surface area contributed by atoms with Crippen LogP contribution in [0.3, 0.4) is 0 Å². The summed E-state index contributed by atoms with van der Waals surface area (Å²) in [4.78, 5) is 0. The summed E-state index contributed by atoms with van der Waals surface area (Å²) in [6, 6.07) is 1.93. The average molecular weight is 180 g/mol. The fourth-order valence-electron chi connectivity index (χ4n) is 1.65. The molecule has 72 valence electrons. The highest BCUT2D eigenvalue weighted by Crippen LogP contribution is 2.40. The first-order valence-corrected chi connectivity index (χ1v) is 5.02. The molecule has 1 aromatic rings. The first kappa shape index (κ1) is 8.75. The SMILES string of the molecule is CCCn1nccc1C(O)C1CC1. The van der Waals surface area contributed by atoms with E-state index in [-0.39, 0.29) is 6.10 Å². The predicted molar refractivity (Wildman–Crippen MR) is 50.2 cm³/mol. The monoisotopic (exact) mass is 180 g/mol. The quantitative estimate of drug-likeness (QED) is 0.766. The molecule has 2 rings (SSSR count). The van der Waals surface area contributed by atoms with Crippen molar-refractivity contribution in [2.24, 2.45) is 5.92 Å². The van der Waals surface area contributed by atoms with Crippen LogP contribution >= 0.6 is 0 Å². The van der Waals surface area contributed by atoms with Crippen LogP contribution in [0.5, 0.6) is 0 Å². The van der Waals surface area contributed by atoms with Gasteiger partial charge in [0.2, 0.25) is 0 Å². The molecule has 0 aliphatic heterocycles. The van der Waals surface area contributed by atoms with E-state index >= 15 is 0 Å². The Balaban J connectivity index is 2.12. The van der Waals surface area contributed by atoms with Crippen molar-refractivity contribution in [2.75, 3.05) is 0 Å². The van der Waals surface area contributed by atoms with Gasteiger partial charge in [-0.1, -0.05) is 6.92 Å². The topological polar surface area (TPSA) is 38.0 Å². The highest BCUT2D eigenvalue weighted by atomic mass is 16.3. The number of aliphatic hydroxyl groups is 1. The van der Waals surface area contributed by atoms with Crippen LogP contribution in [0.1, 0.15) is 38.0 Å². The van der Waals surface area contributed by atoms with Gasteiger partial charge in [0.1, 0.15) is 0 Å². The van der Waals surface area contributed by atoms with Crippen molar-refractivity contribution in [1.82, 2.24) is 9.78 Å². The molecule has 0 spiro atoms. The fourth-order valence-corrected chi connectivity index (χ4v) is 1.65. The van der Waals surface area contributed by atoms with Crippen LogP contribution in [-0.2, 0) is 6.54 Å². The summed E-state index contributed by atoms with van der Waals surface area (Å²) < 4.78 is 1.92. The van der Waals surface area contributed by atoms with Gasteiger partial charge in [0.25, 0.3) is 0 Å². The normalized spacial score (nSPS) is 18.9. The van der Waals surface area contributed by atoms with Crippen molar-refractivity contribution in [1.29, 1.82) is 0 Å². The van der Waals surface area contributed by atoms with Crippen LogP contribution < -0.4 is 0 Å². The maximum atomic E-state index is 9.90. The molecular weight excluding hydrogens is 164 g/mol. The lowest BCUT2D eigenvalue weighted by Gasteiger charge is -2.11. The number of rotatable bonds is 4. The molecule has 13 heavy (non-hydrogen) atoms. The summed E-state index contributed by atoms with van der Waals surface area (Å²) in [7, 11) is 0. The maximum absolute atomic E-state index is 9.90. The second-order valence-electron chi connectivity index (χ2n) is 3.76. The average Bonchev–Trinajstić information content (AvgIpc) is 2.87. The van der Waals surface area contributed by atoms with Gasteiger partial charge in [0, 0.05) is 12.7 Å². The van der Waals surface area contributed by atoms with E-state index in [0.29, 0.717) is 5.92 Å². The number of aliphatic hydroxyl groups excluding tert-OH is 1. The Kier molecular flexibility index (Phi) is 2.36. The summed E-state index contributed by atoms with van der Waals surface area (Å²) in [5.41, 5.74) is 0.990. The Morgan fingerprint density at radius 1 is 1.69 bits per heavy atom. The van der Waals surface area contributed by atoms with E-state index in [2.05, 4.69) is 12.0 Å². The molecule has 1 fully saturated rings. The summed E-state index contributed by atoms with van der Waals surface area (Å²) in [5, 5.41) is 14.1. The van der Waals surface area contributed by atoms with Crippen molar-refractivity contribution in [3.63, 3.8) is 0 Å². The lowest BCUT2D eigenvalue weighted by atomic mass is 10.1. The zero-order valence-electron chi connectivity index (χ0n) is 7.98. The van der Waals surface area contributed by atoms with Gasteiger partial charge in [-0.2, -0.15) is 5.10 Å². The van der Waals surface area contributed by atoms with Gasteiger partial charge in [0.05, 0.1) is 11.8 Å². The Labute approximate surface area is 78.4 Å². The summed E-state index contributed by atoms with van der Waals surface area (Å²) in [5.74, 6) is 0.493. The highest BCUT2D eigenvalue weighted by molar-refractivity contribution is 5.08. The Bertz CT molecular complexity index is 278. The van der Waals surface area contributed by atoms with Crippen molar-refractivity contribution >= 4 is 0 Å². The van der Waals surface area contributed by atoms with Gasteiger partial charge in [-0.25, -0.2) is 0 Å². The molecule has 0 radical (unpaired) electrons. The molecule has 1 aliphatic rings. The van der Waals surface area contributed by atoms with Crippen LogP contribution in [0.2, 0.25) is 0 Å². The molecule has 0 bridgehead atoms. The molecule has 1 N–H and O–H groups in total. The number of aryl methyl sites for hydroxylation is 1. The third-order valence-corrected chi connectivity index (χ3v) is 2.56. The molecule has 0 amide bonds. The number of hydrogen-bond donors (Lipinski definition) is 1. The molecule has 1 aliphatic carbocycles. The Hall–Kier alpha value is -0.830. The van der Waals surface area contributed by atoms with Crippen molar-refractivity contribution in [3.8, 4) is 0 Å². The van der Waals surface area contributed by atoms with Crippen molar-refractivity contribution in [2.45, 2.75) is 38.8 Å². The molecule has 1 heterocycles. The van der Waals surface area contributed by atoms with Crippen LogP contribution in [0, 0.1) is 5.92 Å². The first-order valence-electron chi connectivity index (χ1n) is 5.02. The molecule has 0 saturated heterocycles. The van der Waals surface area contributed by atoms with Gasteiger partial charge in [-0.3, -0.25) is 4.68 Å². The first-order chi connectivity index (χ1) is 6.33. The minimum atomic E-state index is -0.283. The molecule has 3 nitrogen and oxygen atoms in total. The Morgan fingerprint density at radius 3 is 3.08 bits per heavy atom. The van der Waals surface area contributed by atoms with E-state index in [1.54, 1.807) is 6.20 Å². The van der Waals surface area contributed by atoms with Crippen molar-refractivity contribution < 1.29 is 5.11 Å². The minimum Gasteiger partial charge on any atom is -0.387 e. The molecule has 1 unspecified atom stereocenters. The minimum absolute atomic E-state index is 0.283. The van der Waals surface area contributed by atoms with E-state index in [1.807, 2.05) is 10.7 Å². The standard InChI is InChI=1S/C10H16N2O/c1-2-7-12-9(5-6-11-12)10(13)8-3-4-8/h5-6,8,10,13H,2-4,7H2,1H3. The van der Waals surface area contributed by atoms with Gasteiger partial charge in [0.15, 0.2) is 0 Å². The molecule has 1 atom stereocenters. The second kappa shape index (κ2) is 3.50. The summed E-state index contributed by atoms with van der Waals surface area (Å²) in [6.45, 7) is 3.03.